The van der Waals surface area contributed by atoms with E-state index in [0.29, 0.717) is 11.3 Å². The summed E-state index contributed by atoms with van der Waals surface area (Å²) < 4.78 is 0. The topological polar surface area (TPSA) is 0 Å². The summed E-state index contributed by atoms with van der Waals surface area (Å²) in [6.45, 7) is 0. The molecule has 0 atom stereocenters. The Kier molecular flexibility index (Phi) is 7.51. The molecule has 0 unspecified atom stereocenters. The van der Waals surface area contributed by atoms with Crippen LogP contribution in [0.4, 0.5) is 0 Å². The van der Waals surface area contributed by atoms with Crippen molar-refractivity contribution in [1.29, 1.82) is 0 Å². The number of hydrogen-bond donors (Lipinski definition) is 0. The molecule has 0 amide bonds. The van der Waals surface area contributed by atoms with E-state index in [1.54, 1.807) is 0 Å². The van der Waals surface area contributed by atoms with Crippen LogP contribution >= 0.6 is 28.4 Å². The zero-order valence-electron chi connectivity index (χ0n) is 10.1. The molecule has 0 aromatic rings. The molecule has 0 nitrogen and oxygen atoms in total. The predicted octanol–water partition coefficient (Wildman–Crippen LogP) is 5.97. The van der Waals surface area contributed by atoms with Gasteiger partial charge in [-0.25, -0.2) is 0 Å². The van der Waals surface area contributed by atoms with Crippen LogP contribution in [0.3, 0.4) is 0 Å². The predicted molar refractivity (Wildman–Crippen MR) is 72.4 cm³/mol. The van der Waals surface area contributed by atoms with Gasteiger partial charge in [-0.2, -0.15) is 0 Å². The molecule has 0 spiro atoms. The molecule has 0 aromatic carbocycles. The summed E-state index contributed by atoms with van der Waals surface area (Å²) >= 11 is 13.5. The SMILES string of the molecule is Cl[P+](Cl)(C1CCCCC1)C1CCCCC1.[Hg]. The van der Waals surface area contributed by atoms with E-state index in [4.69, 9.17) is 22.5 Å². The van der Waals surface area contributed by atoms with E-state index in [9.17, 15) is 0 Å². The van der Waals surface area contributed by atoms with E-state index in [2.05, 4.69) is 0 Å². The minimum Gasteiger partial charge on any atom is -0.0530 e. The Labute approximate surface area is 131 Å². The first-order valence-electron chi connectivity index (χ1n) is 6.49. The average Bonchev–Trinajstić information content (AvgIpc) is 2.31. The second-order valence-electron chi connectivity index (χ2n) is 5.19. The van der Waals surface area contributed by atoms with Crippen LogP contribution in [0.1, 0.15) is 64.2 Å². The van der Waals surface area contributed by atoms with E-state index >= 15 is 0 Å². The van der Waals surface area contributed by atoms with Crippen LogP contribution in [0.25, 0.3) is 0 Å². The van der Waals surface area contributed by atoms with Crippen molar-refractivity contribution in [3.05, 3.63) is 0 Å². The smallest absolute Gasteiger partial charge is 0.0530 e. The van der Waals surface area contributed by atoms with Crippen LogP contribution in [0.15, 0.2) is 0 Å². The standard InChI is InChI=1S/C12H22Cl2P.Hg/c13-15(14,11-7-3-1-4-8-11)12-9-5-2-6-10-12;/h11-12H,1-10H2;/q+1;. The first-order chi connectivity index (χ1) is 7.21. The van der Waals surface area contributed by atoms with E-state index in [1.807, 2.05) is 0 Å². The van der Waals surface area contributed by atoms with Crippen LogP contribution in [-0.2, 0) is 27.7 Å². The Hall–Kier alpha value is 1.95. The Balaban J connectivity index is 0.00000128. The van der Waals surface area contributed by atoms with Crippen LogP contribution in [0.5, 0.6) is 0 Å². The van der Waals surface area contributed by atoms with Crippen LogP contribution < -0.4 is 0 Å². The average molecular weight is 469 g/mol. The second kappa shape index (κ2) is 7.51. The van der Waals surface area contributed by atoms with E-state index in [1.165, 1.54) is 64.2 Å². The maximum absolute atomic E-state index is 6.77. The second-order valence-corrected chi connectivity index (χ2v) is 11.7. The fraction of sp³-hybridized carbons (Fsp3) is 1.00. The van der Waals surface area contributed by atoms with Crippen molar-refractivity contribution in [1.82, 2.24) is 0 Å². The molecule has 2 rings (SSSR count). The Bertz CT molecular complexity index is 179. The number of rotatable bonds is 2. The first kappa shape index (κ1) is 16.0. The molecule has 0 saturated heterocycles. The fourth-order valence-electron chi connectivity index (χ4n) is 3.15. The van der Waals surface area contributed by atoms with Gasteiger partial charge < -0.3 is 0 Å². The molecular formula is C12H22Cl2HgP+. The third-order valence-electron chi connectivity index (χ3n) is 4.12. The molecule has 0 aliphatic heterocycles. The summed E-state index contributed by atoms with van der Waals surface area (Å²) in [6, 6.07) is 0. The Morgan fingerprint density at radius 1 is 0.625 bits per heavy atom. The zero-order chi connectivity index (χ0) is 10.7. The Morgan fingerprint density at radius 3 is 1.25 bits per heavy atom. The van der Waals surface area contributed by atoms with Gasteiger partial charge in [-0.15, -0.1) is 0 Å². The molecule has 2 aliphatic carbocycles. The molecule has 0 aromatic heterocycles. The summed E-state index contributed by atoms with van der Waals surface area (Å²) in [4.78, 5) is 0. The molecule has 0 heterocycles. The molecule has 0 radical (unpaired) electrons. The van der Waals surface area contributed by atoms with Gasteiger partial charge in [0, 0.05) is 27.7 Å². The van der Waals surface area contributed by atoms with Gasteiger partial charge in [-0.3, -0.25) is 0 Å². The maximum Gasteiger partial charge on any atom is 0.217 e. The minimum absolute atomic E-state index is 0. The van der Waals surface area contributed by atoms with Gasteiger partial charge in [0.25, 0.3) is 0 Å². The third kappa shape index (κ3) is 3.97. The summed E-state index contributed by atoms with van der Waals surface area (Å²) in [5, 5.41) is 0. The summed E-state index contributed by atoms with van der Waals surface area (Å²) in [5.74, 6) is -1.65. The molecule has 0 bridgehead atoms. The van der Waals surface area contributed by atoms with Gasteiger partial charge >= 0.3 is 0 Å². The van der Waals surface area contributed by atoms with Crippen molar-refractivity contribution >= 4 is 28.4 Å². The molecule has 2 saturated carbocycles. The van der Waals surface area contributed by atoms with E-state index < -0.39 is 5.97 Å². The van der Waals surface area contributed by atoms with Gasteiger partial charge in [0.05, 0.1) is 0 Å². The maximum atomic E-state index is 6.77. The Morgan fingerprint density at radius 2 is 0.938 bits per heavy atom. The summed E-state index contributed by atoms with van der Waals surface area (Å²) in [7, 11) is 0. The molecule has 2 fully saturated rings. The largest absolute Gasteiger partial charge is 0.217 e. The van der Waals surface area contributed by atoms with Crippen molar-refractivity contribution in [3.63, 3.8) is 0 Å². The van der Waals surface area contributed by atoms with Gasteiger partial charge in [-0.1, -0.05) is 12.8 Å². The van der Waals surface area contributed by atoms with Gasteiger partial charge in [0.2, 0.25) is 5.97 Å². The van der Waals surface area contributed by atoms with Gasteiger partial charge in [0.1, 0.15) is 33.8 Å². The van der Waals surface area contributed by atoms with Gasteiger partial charge in [0.15, 0.2) is 0 Å². The molecule has 90 valence electrons. The normalized spacial score (nSPS) is 25.1. The number of halogens is 2. The summed E-state index contributed by atoms with van der Waals surface area (Å²) in [6.07, 6.45) is 13.4. The van der Waals surface area contributed by atoms with E-state index in [0.717, 1.165) is 0 Å². The van der Waals surface area contributed by atoms with Crippen molar-refractivity contribution in [2.45, 2.75) is 75.5 Å². The van der Waals surface area contributed by atoms with Crippen LogP contribution in [0.2, 0.25) is 0 Å². The zero-order valence-corrected chi connectivity index (χ0v) is 18.0. The van der Waals surface area contributed by atoms with Crippen LogP contribution in [0, 0.1) is 0 Å². The third-order valence-corrected chi connectivity index (χ3v) is 10.4. The molecule has 0 N–H and O–H groups in total. The van der Waals surface area contributed by atoms with Crippen molar-refractivity contribution < 1.29 is 27.7 Å². The number of hydrogen-bond acceptors (Lipinski definition) is 0. The quantitative estimate of drug-likeness (QED) is 0.346. The van der Waals surface area contributed by atoms with Gasteiger partial charge in [-0.05, 0) is 51.4 Å². The monoisotopic (exact) mass is 469 g/mol. The van der Waals surface area contributed by atoms with E-state index in [-0.39, 0.29) is 27.7 Å². The van der Waals surface area contributed by atoms with Crippen molar-refractivity contribution in [3.8, 4) is 0 Å². The van der Waals surface area contributed by atoms with Crippen LogP contribution in [-0.4, -0.2) is 11.3 Å². The molecule has 4 heteroatoms. The summed E-state index contributed by atoms with van der Waals surface area (Å²) in [5.41, 5.74) is 1.36. The fourth-order valence-corrected chi connectivity index (χ4v) is 8.19. The van der Waals surface area contributed by atoms with Crippen molar-refractivity contribution in [2.75, 3.05) is 0 Å². The molecular weight excluding hydrogens is 447 g/mol. The minimum atomic E-state index is -1.65. The molecule has 16 heavy (non-hydrogen) atoms. The molecule has 2 aliphatic rings. The van der Waals surface area contributed by atoms with Crippen molar-refractivity contribution in [2.24, 2.45) is 0 Å². The first-order valence-corrected chi connectivity index (χ1v) is 10.2.